The minimum Gasteiger partial charge on any atom is -0.340 e. The van der Waals surface area contributed by atoms with Crippen molar-refractivity contribution in [2.75, 3.05) is 13.6 Å². The molecule has 0 radical (unpaired) electrons. The monoisotopic (exact) mass is 250 g/mol. The maximum Gasteiger partial charge on any atom is 0.239 e. The molecule has 1 N–H and O–H groups in total. The standard InChI is InChI=1S/C15H26N2O/c1-11(2)10-17(3)15(18)14-9-8-12-6-4-5-7-13(12)16-14/h12-14,16H,1,4-10H2,2-3H3. The van der Waals surface area contributed by atoms with Gasteiger partial charge in [0.05, 0.1) is 6.04 Å². The van der Waals surface area contributed by atoms with Gasteiger partial charge in [-0.25, -0.2) is 0 Å². The Balaban J connectivity index is 1.89. The van der Waals surface area contributed by atoms with E-state index >= 15 is 0 Å². The lowest BCUT2D eigenvalue weighted by Crippen LogP contribution is -2.55. The van der Waals surface area contributed by atoms with Gasteiger partial charge in [0.1, 0.15) is 0 Å². The van der Waals surface area contributed by atoms with E-state index in [1.165, 1.54) is 32.1 Å². The number of hydrogen-bond donors (Lipinski definition) is 1. The smallest absolute Gasteiger partial charge is 0.239 e. The molecule has 3 nitrogen and oxygen atoms in total. The van der Waals surface area contributed by atoms with Crippen LogP contribution in [0.1, 0.15) is 45.4 Å². The van der Waals surface area contributed by atoms with Crippen LogP contribution in [-0.4, -0.2) is 36.5 Å². The van der Waals surface area contributed by atoms with Gasteiger partial charge in [-0.1, -0.05) is 25.0 Å². The van der Waals surface area contributed by atoms with E-state index < -0.39 is 0 Å². The average molecular weight is 250 g/mol. The fraction of sp³-hybridized carbons (Fsp3) is 0.800. The zero-order chi connectivity index (χ0) is 13.1. The minimum atomic E-state index is 0.0358. The topological polar surface area (TPSA) is 32.3 Å². The number of hydrogen-bond acceptors (Lipinski definition) is 2. The second-order valence-electron chi connectivity index (χ2n) is 6.10. The summed E-state index contributed by atoms with van der Waals surface area (Å²) >= 11 is 0. The predicted molar refractivity (Wildman–Crippen MR) is 74.4 cm³/mol. The van der Waals surface area contributed by atoms with E-state index in [0.29, 0.717) is 12.6 Å². The zero-order valence-electron chi connectivity index (χ0n) is 11.7. The number of carbonyl (C=O) groups excluding carboxylic acids is 1. The van der Waals surface area contributed by atoms with Crippen molar-refractivity contribution in [2.24, 2.45) is 5.92 Å². The summed E-state index contributed by atoms with van der Waals surface area (Å²) in [5.74, 6) is 1.05. The summed E-state index contributed by atoms with van der Waals surface area (Å²) < 4.78 is 0. The molecule has 2 fully saturated rings. The highest BCUT2D eigenvalue weighted by Crippen LogP contribution is 2.32. The lowest BCUT2D eigenvalue weighted by molar-refractivity contribution is -0.133. The Morgan fingerprint density at radius 3 is 2.72 bits per heavy atom. The Morgan fingerprint density at radius 1 is 1.28 bits per heavy atom. The summed E-state index contributed by atoms with van der Waals surface area (Å²) in [6, 6.07) is 0.619. The van der Waals surface area contributed by atoms with Gasteiger partial charge in [-0.15, -0.1) is 0 Å². The molecular weight excluding hydrogens is 224 g/mol. The summed E-state index contributed by atoms with van der Waals surface area (Å²) in [5.41, 5.74) is 1.04. The Hall–Kier alpha value is -0.830. The van der Waals surface area contributed by atoms with Crippen molar-refractivity contribution >= 4 is 5.91 Å². The van der Waals surface area contributed by atoms with Crippen LogP contribution in [0.3, 0.4) is 0 Å². The second kappa shape index (κ2) is 5.87. The molecule has 1 aliphatic heterocycles. The molecule has 102 valence electrons. The number of amides is 1. The van der Waals surface area contributed by atoms with Crippen LogP contribution in [0.25, 0.3) is 0 Å². The van der Waals surface area contributed by atoms with Crippen molar-refractivity contribution in [2.45, 2.75) is 57.5 Å². The van der Waals surface area contributed by atoms with Crippen LogP contribution in [0.5, 0.6) is 0 Å². The van der Waals surface area contributed by atoms with Crippen LogP contribution in [0.15, 0.2) is 12.2 Å². The van der Waals surface area contributed by atoms with Gasteiger partial charge in [0.15, 0.2) is 0 Å². The number of piperidine rings is 1. The molecule has 2 aliphatic rings. The molecule has 1 heterocycles. The highest BCUT2D eigenvalue weighted by molar-refractivity contribution is 5.82. The molecule has 0 bridgehead atoms. The Kier molecular flexibility index (Phi) is 4.44. The van der Waals surface area contributed by atoms with Gasteiger partial charge < -0.3 is 10.2 Å². The SMILES string of the molecule is C=C(C)CN(C)C(=O)C1CCC2CCCCC2N1. The summed E-state index contributed by atoms with van der Waals surface area (Å²) in [5, 5.41) is 3.59. The van der Waals surface area contributed by atoms with E-state index in [1.807, 2.05) is 18.9 Å². The third-order valence-electron chi connectivity index (χ3n) is 4.33. The maximum absolute atomic E-state index is 12.3. The molecule has 1 aliphatic carbocycles. The van der Waals surface area contributed by atoms with Crippen LogP contribution in [0.2, 0.25) is 0 Å². The Morgan fingerprint density at radius 2 is 2.00 bits per heavy atom. The first-order chi connectivity index (χ1) is 8.58. The molecule has 0 aromatic heterocycles. The molecule has 1 saturated heterocycles. The number of nitrogens with zero attached hydrogens (tertiary/aromatic N) is 1. The fourth-order valence-corrected chi connectivity index (χ4v) is 3.44. The van der Waals surface area contributed by atoms with E-state index in [4.69, 9.17) is 0 Å². The molecular formula is C15H26N2O. The van der Waals surface area contributed by atoms with E-state index in [-0.39, 0.29) is 11.9 Å². The molecule has 1 saturated carbocycles. The Bertz CT molecular complexity index is 326. The van der Waals surface area contributed by atoms with Gasteiger partial charge >= 0.3 is 0 Å². The summed E-state index contributed by atoms with van der Waals surface area (Å²) in [6.07, 6.45) is 7.50. The largest absolute Gasteiger partial charge is 0.340 e. The third-order valence-corrected chi connectivity index (χ3v) is 4.33. The first-order valence-electron chi connectivity index (χ1n) is 7.23. The molecule has 3 atom stereocenters. The molecule has 1 amide bonds. The lowest BCUT2D eigenvalue weighted by Gasteiger charge is -2.40. The summed E-state index contributed by atoms with van der Waals surface area (Å²) in [7, 11) is 1.88. The van der Waals surface area contributed by atoms with Gasteiger partial charge in [0.2, 0.25) is 5.91 Å². The van der Waals surface area contributed by atoms with Crippen molar-refractivity contribution < 1.29 is 4.79 Å². The predicted octanol–water partition coefficient (Wildman–Crippen LogP) is 2.33. The van der Waals surface area contributed by atoms with E-state index in [2.05, 4.69) is 11.9 Å². The van der Waals surface area contributed by atoms with Crippen LogP contribution >= 0.6 is 0 Å². The third kappa shape index (κ3) is 3.14. The van der Waals surface area contributed by atoms with Crippen LogP contribution in [0.4, 0.5) is 0 Å². The van der Waals surface area contributed by atoms with Gasteiger partial charge in [-0.2, -0.15) is 0 Å². The van der Waals surface area contributed by atoms with Gasteiger partial charge in [0, 0.05) is 19.6 Å². The first kappa shape index (κ1) is 13.6. The Labute approximate surface area is 111 Å². The molecule has 0 spiro atoms. The quantitative estimate of drug-likeness (QED) is 0.780. The van der Waals surface area contributed by atoms with Crippen LogP contribution in [-0.2, 0) is 4.79 Å². The molecule has 2 rings (SSSR count). The van der Waals surface area contributed by atoms with E-state index in [0.717, 1.165) is 17.9 Å². The molecule has 3 unspecified atom stereocenters. The second-order valence-corrected chi connectivity index (χ2v) is 6.10. The van der Waals surface area contributed by atoms with Gasteiger partial charge in [-0.05, 0) is 38.5 Å². The zero-order valence-corrected chi connectivity index (χ0v) is 11.7. The van der Waals surface area contributed by atoms with Gasteiger partial charge in [-0.3, -0.25) is 4.79 Å². The first-order valence-corrected chi connectivity index (χ1v) is 7.23. The van der Waals surface area contributed by atoms with Gasteiger partial charge in [0.25, 0.3) is 0 Å². The van der Waals surface area contributed by atoms with Crippen molar-refractivity contribution in [3.05, 3.63) is 12.2 Å². The molecule has 18 heavy (non-hydrogen) atoms. The van der Waals surface area contributed by atoms with Crippen LogP contribution < -0.4 is 5.32 Å². The van der Waals surface area contributed by atoms with Crippen molar-refractivity contribution in [3.8, 4) is 0 Å². The number of rotatable bonds is 3. The summed E-state index contributed by atoms with van der Waals surface area (Å²) in [6.45, 7) is 6.51. The maximum atomic E-state index is 12.3. The van der Waals surface area contributed by atoms with E-state index in [9.17, 15) is 4.79 Å². The molecule has 0 aromatic rings. The van der Waals surface area contributed by atoms with Crippen molar-refractivity contribution in [3.63, 3.8) is 0 Å². The fourth-order valence-electron chi connectivity index (χ4n) is 3.44. The lowest BCUT2D eigenvalue weighted by atomic mass is 9.77. The number of nitrogens with one attached hydrogen (secondary N) is 1. The number of carbonyl (C=O) groups is 1. The molecule has 0 aromatic carbocycles. The van der Waals surface area contributed by atoms with Crippen LogP contribution in [0, 0.1) is 5.92 Å². The van der Waals surface area contributed by atoms with E-state index in [1.54, 1.807) is 0 Å². The minimum absolute atomic E-state index is 0.0358. The highest BCUT2D eigenvalue weighted by atomic mass is 16.2. The average Bonchev–Trinajstić information content (AvgIpc) is 2.36. The van der Waals surface area contributed by atoms with Crippen molar-refractivity contribution in [1.82, 2.24) is 10.2 Å². The highest BCUT2D eigenvalue weighted by Gasteiger charge is 2.35. The van der Waals surface area contributed by atoms with Crippen molar-refractivity contribution in [1.29, 1.82) is 0 Å². The molecule has 3 heteroatoms. The number of likely N-dealkylation sites (N-methyl/N-ethyl adjacent to an activating group) is 1. The summed E-state index contributed by atoms with van der Waals surface area (Å²) in [4.78, 5) is 14.1. The normalized spacial score (nSPS) is 31.6. The number of fused-ring (bicyclic) bond motifs is 1.